The van der Waals surface area contributed by atoms with Crippen LogP contribution in [0.15, 0.2) is 22.7 Å². The normalized spacial score (nSPS) is 10.3. The molecule has 0 fully saturated rings. The number of amides is 1. The van der Waals surface area contributed by atoms with Gasteiger partial charge in [0.1, 0.15) is 5.75 Å². The zero-order valence-corrected chi connectivity index (χ0v) is 13.3. The standard InChI is InChI=1S/C15H22BrNO2/c1-3-5-6-9-17-15(18)11-19-14-8-7-12(4-2)10-13(14)16/h7-8,10H,3-6,9,11H2,1-2H3,(H,17,18). The number of benzene rings is 1. The zero-order valence-electron chi connectivity index (χ0n) is 11.7. The van der Waals surface area contributed by atoms with E-state index in [1.807, 2.05) is 18.2 Å². The first-order valence-electron chi connectivity index (χ1n) is 6.85. The van der Waals surface area contributed by atoms with Crippen molar-refractivity contribution >= 4 is 21.8 Å². The lowest BCUT2D eigenvalue weighted by Gasteiger charge is -2.09. The number of rotatable bonds is 8. The number of unbranched alkanes of at least 4 members (excludes halogenated alkanes) is 2. The third-order valence-corrected chi connectivity index (χ3v) is 3.49. The van der Waals surface area contributed by atoms with Crippen LogP contribution in [0.4, 0.5) is 0 Å². The average Bonchev–Trinajstić information content (AvgIpc) is 2.42. The highest BCUT2D eigenvalue weighted by molar-refractivity contribution is 9.10. The second-order valence-electron chi connectivity index (χ2n) is 4.46. The number of ether oxygens (including phenoxy) is 1. The van der Waals surface area contributed by atoms with Crippen LogP contribution < -0.4 is 10.1 Å². The van der Waals surface area contributed by atoms with E-state index in [-0.39, 0.29) is 12.5 Å². The number of hydrogen-bond donors (Lipinski definition) is 1. The minimum absolute atomic E-state index is 0.0657. The van der Waals surface area contributed by atoms with Gasteiger partial charge in [-0.3, -0.25) is 4.79 Å². The highest BCUT2D eigenvalue weighted by atomic mass is 79.9. The molecule has 0 aliphatic rings. The summed E-state index contributed by atoms with van der Waals surface area (Å²) in [4.78, 5) is 11.6. The molecule has 0 heterocycles. The second-order valence-corrected chi connectivity index (χ2v) is 5.32. The number of hydrogen-bond acceptors (Lipinski definition) is 2. The summed E-state index contributed by atoms with van der Waals surface area (Å²) in [7, 11) is 0. The van der Waals surface area contributed by atoms with Crippen LogP contribution in [0, 0.1) is 0 Å². The van der Waals surface area contributed by atoms with Crippen molar-refractivity contribution in [2.45, 2.75) is 39.5 Å². The molecule has 1 amide bonds. The zero-order chi connectivity index (χ0) is 14.1. The molecule has 106 valence electrons. The molecule has 0 aliphatic heterocycles. The van der Waals surface area contributed by atoms with Gasteiger partial charge in [0.05, 0.1) is 4.47 Å². The molecule has 0 spiro atoms. The first-order chi connectivity index (χ1) is 9.17. The Hall–Kier alpha value is -1.03. The Labute approximate surface area is 123 Å². The SMILES string of the molecule is CCCCCNC(=O)COc1ccc(CC)cc1Br. The van der Waals surface area contributed by atoms with Gasteiger partial charge in [0.15, 0.2) is 6.61 Å². The highest BCUT2D eigenvalue weighted by Gasteiger charge is 2.05. The van der Waals surface area contributed by atoms with Gasteiger partial charge in [-0.15, -0.1) is 0 Å². The van der Waals surface area contributed by atoms with E-state index in [4.69, 9.17) is 4.74 Å². The third-order valence-electron chi connectivity index (χ3n) is 2.87. The molecule has 1 aromatic carbocycles. The molecule has 19 heavy (non-hydrogen) atoms. The van der Waals surface area contributed by atoms with Gasteiger partial charge >= 0.3 is 0 Å². The van der Waals surface area contributed by atoms with Crippen LogP contribution >= 0.6 is 15.9 Å². The summed E-state index contributed by atoms with van der Waals surface area (Å²) in [5.41, 5.74) is 1.24. The van der Waals surface area contributed by atoms with Gasteiger partial charge in [0.25, 0.3) is 5.91 Å². The van der Waals surface area contributed by atoms with Gasteiger partial charge in [-0.2, -0.15) is 0 Å². The quantitative estimate of drug-likeness (QED) is 0.739. The lowest BCUT2D eigenvalue weighted by Crippen LogP contribution is -2.29. The van der Waals surface area contributed by atoms with Gasteiger partial charge < -0.3 is 10.1 Å². The number of carbonyl (C=O) groups excluding carboxylic acids is 1. The first-order valence-corrected chi connectivity index (χ1v) is 7.64. The van der Waals surface area contributed by atoms with Crippen LogP contribution in [-0.2, 0) is 11.2 Å². The largest absolute Gasteiger partial charge is 0.483 e. The van der Waals surface area contributed by atoms with E-state index < -0.39 is 0 Å². The van der Waals surface area contributed by atoms with Gasteiger partial charge in [0, 0.05) is 6.54 Å². The van der Waals surface area contributed by atoms with E-state index in [2.05, 4.69) is 35.1 Å². The van der Waals surface area contributed by atoms with Crippen molar-refractivity contribution < 1.29 is 9.53 Å². The maximum Gasteiger partial charge on any atom is 0.257 e. The van der Waals surface area contributed by atoms with Crippen LogP contribution in [0.2, 0.25) is 0 Å². The van der Waals surface area contributed by atoms with Crippen molar-refractivity contribution in [2.75, 3.05) is 13.2 Å². The van der Waals surface area contributed by atoms with E-state index in [1.165, 1.54) is 5.56 Å². The molecule has 1 rings (SSSR count). The fourth-order valence-corrected chi connectivity index (χ4v) is 2.22. The maximum absolute atomic E-state index is 11.6. The Bertz CT molecular complexity index is 407. The number of aryl methyl sites for hydroxylation is 1. The predicted molar refractivity (Wildman–Crippen MR) is 81.5 cm³/mol. The van der Waals surface area contributed by atoms with Crippen molar-refractivity contribution in [1.82, 2.24) is 5.32 Å². The van der Waals surface area contributed by atoms with Gasteiger partial charge in [-0.25, -0.2) is 0 Å². The van der Waals surface area contributed by atoms with Crippen molar-refractivity contribution in [3.63, 3.8) is 0 Å². The molecular formula is C15H22BrNO2. The molecule has 3 nitrogen and oxygen atoms in total. The number of carbonyl (C=O) groups is 1. The van der Waals surface area contributed by atoms with Crippen molar-refractivity contribution in [2.24, 2.45) is 0 Å². The monoisotopic (exact) mass is 327 g/mol. The predicted octanol–water partition coefficient (Wildman–Crippen LogP) is 3.70. The van der Waals surface area contributed by atoms with Gasteiger partial charge in [-0.1, -0.05) is 32.8 Å². The molecule has 0 saturated heterocycles. The van der Waals surface area contributed by atoms with E-state index in [1.54, 1.807) is 0 Å². The molecule has 0 bridgehead atoms. The molecule has 0 unspecified atom stereocenters. The highest BCUT2D eigenvalue weighted by Crippen LogP contribution is 2.26. The molecule has 0 aromatic heterocycles. The Morgan fingerprint density at radius 1 is 1.32 bits per heavy atom. The summed E-state index contributed by atoms with van der Waals surface area (Å²) in [6.45, 7) is 5.04. The summed E-state index contributed by atoms with van der Waals surface area (Å²) < 4.78 is 6.39. The van der Waals surface area contributed by atoms with Crippen molar-refractivity contribution in [1.29, 1.82) is 0 Å². The maximum atomic E-state index is 11.6. The summed E-state index contributed by atoms with van der Waals surface area (Å²) in [6, 6.07) is 5.93. The topological polar surface area (TPSA) is 38.3 Å². The van der Waals surface area contributed by atoms with Crippen LogP contribution in [0.5, 0.6) is 5.75 Å². The van der Waals surface area contributed by atoms with Crippen LogP contribution in [0.3, 0.4) is 0 Å². The molecule has 1 N–H and O–H groups in total. The average molecular weight is 328 g/mol. The summed E-state index contributed by atoms with van der Waals surface area (Å²) >= 11 is 3.45. The first kappa shape index (κ1) is 16.0. The number of nitrogens with one attached hydrogen (secondary N) is 1. The second kappa shape index (κ2) is 8.97. The van der Waals surface area contributed by atoms with E-state index in [0.29, 0.717) is 5.75 Å². The van der Waals surface area contributed by atoms with Gasteiger partial charge in [0.2, 0.25) is 0 Å². The van der Waals surface area contributed by atoms with Crippen molar-refractivity contribution in [3.05, 3.63) is 28.2 Å². The lowest BCUT2D eigenvalue weighted by molar-refractivity contribution is -0.123. The van der Waals surface area contributed by atoms with Crippen LogP contribution in [0.1, 0.15) is 38.7 Å². The smallest absolute Gasteiger partial charge is 0.257 e. The fourth-order valence-electron chi connectivity index (χ4n) is 1.68. The van der Waals surface area contributed by atoms with Gasteiger partial charge in [-0.05, 0) is 46.5 Å². The molecule has 0 aliphatic carbocycles. The lowest BCUT2D eigenvalue weighted by atomic mass is 10.2. The third kappa shape index (κ3) is 6.10. The minimum Gasteiger partial charge on any atom is -0.483 e. The fraction of sp³-hybridized carbons (Fsp3) is 0.533. The minimum atomic E-state index is -0.0671. The Balaban J connectivity index is 2.33. The molecule has 0 radical (unpaired) electrons. The van der Waals surface area contributed by atoms with E-state index >= 15 is 0 Å². The molecule has 0 atom stereocenters. The Morgan fingerprint density at radius 2 is 2.11 bits per heavy atom. The summed E-state index contributed by atoms with van der Waals surface area (Å²) in [6.07, 6.45) is 4.31. The van der Waals surface area contributed by atoms with Crippen molar-refractivity contribution in [3.8, 4) is 5.75 Å². The number of halogens is 1. The van der Waals surface area contributed by atoms with Crippen LogP contribution in [0.25, 0.3) is 0 Å². The molecule has 4 heteroatoms. The molecular weight excluding hydrogens is 306 g/mol. The molecule has 0 saturated carbocycles. The van der Waals surface area contributed by atoms with E-state index in [9.17, 15) is 4.79 Å². The summed E-state index contributed by atoms with van der Waals surface area (Å²) in [5.74, 6) is 0.642. The Morgan fingerprint density at radius 3 is 2.74 bits per heavy atom. The Kier molecular flexibility index (Phi) is 7.56. The van der Waals surface area contributed by atoms with E-state index in [0.717, 1.165) is 36.7 Å². The molecule has 1 aromatic rings. The van der Waals surface area contributed by atoms with Crippen LogP contribution in [-0.4, -0.2) is 19.1 Å². The summed E-state index contributed by atoms with van der Waals surface area (Å²) in [5, 5.41) is 2.85.